The van der Waals surface area contributed by atoms with Crippen LogP contribution >= 0.6 is 0 Å². The number of aryl methyl sites for hydroxylation is 2. The van der Waals surface area contributed by atoms with Crippen LogP contribution in [-0.2, 0) is 13.5 Å². The van der Waals surface area contributed by atoms with Crippen molar-refractivity contribution >= 4 is 11.0 Å². The average Bonchev–Trinajstić information content (AvgIpc) is 3.25. The van der Waals surface area contributed by atoms with Crippen LogP contribution in [0.5, 0.6) is 5.88 Å². The first-order valence-corrected chi connectivity index (χ1v) is 11.8. The molecule has 0 amide bonds. The van der Waals surface area contributed by atoms with Gasteiger partial charge >= 0.3 is 0 Å². The molecule has 0 radical (unpaired) electrons. The number of nitrogens with zero attached hydrogens (tertiary/aromatic N) is 5. The number of rotatable bonds is 6. The van der Waals surface area contributed by atoms with E-state index in [1.165, 1.54) is 23.0 Å². The molecule has 0 atom stereocenters. The van der Waals surface area contributed by atoms with Crippen molar-refractivity contribution in [3.8, 4) is 17.1 Å². The Hall–Kier alpha value is -3.32. The number of hydrogen-bond acceptors (Lipinski definition) is 5. The van der Waals surface area contributed by atoms with E-state index >= 15 is 0 Å². The fraction of sp³-hybridized carbons (Fsp3) is 0.370. The number of ether oxygens (including phenoxy) is 1. The molecule has 1 saturated heterocycles. The Morgan fingerprint density at radius 1 is 1.09 bits per heavy atom. The Morgan fingerprint density at radius 2 is 1.85 bits per heavy atom. The second-order valence-corrected chi connectivity index (χ2v) is 9.12. The molecule has 7 heteroatoms. The van der Waals surface area contributed by atoms with E-state index in [-0.39, 0.29) is 5.82 Å². The smallest absolute Gasteiger partial charge is 0.213 e. The maximum absolute atomic E-state index is 14.6. The monoisotopic (exact) mass is 459 g/mol. The molecule has 176 valence electrons. The lowest BCUT2D eigenvalue weighted by Crippen LogP contribution is -2.34. The highest BCUT2D eigenvalue weighted by Gasteiger charge is 2.24. The first-order chi connectivity index (χ1) is 16.5. The van der Waals surface area contributed by atoms with Crippen LogP contribution in [0.2, 0.25) is 0 Å². The summed E-state index contributed by atoms with van der Waals surface area (Å²) in [5, 5.41) is 4.84. The van der Waals surface area contributed by atoms with Gasteiger partial charge in [0.2, 0.25) is 5.88 Å². The molecule has 0 aliphatic carbocycles. The summed E-state index contributed by atoms with van der Waals surface area (Å²) in [7, 11) is 3.58. The maximum atomic E-state index is 14.6. The van der Waals surface area contributed by atoms with Gasteiger partial charge in [-0.3, -0.25) is 9.67 Å². The van der Waals surface area contributed by atoms with Crippen LogP contribution in [0, 0.1) is 12.7 Å². The van der Waals surface area contributed by atoms with Crippen molar-refractivity contribution in [1.29, 1.82) is 0 Å². The molecule has 0 spiro atoms. The zero-order chi connectivity index (χ0) is 23.7. The summed E-state index contributed by atoms with van der Waals surface area (Å²) in [6.07, 6.45) is 3.99. The molecule has 3 aromatic heterocycles. The Morgan fingerprint density at radius 3 is 2.59 bits per heavy atom. The molecule has 6 nitrogen and oxygen atoms in total. The molecule has 0 unspecified atom stereocenters. The van der Waals surface area contributed by atoms with Crippen LogP contribution < -0.4 is 4.74 Å². The number of pyridine rings is 2. The van der Waals surface area contributed by atoms with E-state index in [2.05, 4.69) is 52.1 Å². The van der Waals surface area contributed by atoms with Crippen molar-refractivity contribution in [2.45, 2.75) is 32.1 Å². The number of likely N-dealkylation sites (tertiary alicyclic amines) is 1. The summed E-state index contributed by atoms with van der Waals surface area (Å²) in [6, 6.07) is 14.4. The standard InChI is InChI=1S/C27H30FN5O/c1-18-4-6-20(7-5-18)25-16-24(31-32(25)2)19-10-13-33(14-11-19)15-12-21-22(28)17-29-23-8-9-26(34-3)30-27(21)23/h4-9,16-17,19H,10-15H2,1-3H3. The minimum atomic E-state index is -0.305. The van der Waals surface area contributed by atoms with Gasteiger partial charge in [0.25, 0.3) is 0 Å². The normalized spacial score (nSPS) is 15.2. The summed E-state index contributed by atoms with van der Waals surface area (Å²) < 4.78 is 21.8. The van der Waals surface area contributed by atoms with E-state index in [9.17, 15) is 4.39 Å². The Labute approximate surface area is 199 Å². The Kier molecular flexibility index (Phi) is 6.28. The number of benzene rings is 1. The summed E-state index contributed by atoms with van der Waals surface area (Å²) in [4.78, 5) is 11.0. The highest BCUT2D eigenvalue weighted by Crippen LogP contribution is 2.31. The Balaban J connectivity index is 1.23. The summed E-state index contributed by atoms with van der Waals surface area (Å²) in [5.74, 6) is 0.619. The van der Waals surface area contributed by atoms with Gasteiger partial charge in [-0.25, -0.2) is 9.37 Å². The quantitative estimate of drug-likeness (QED) is 0.410. The molecule has 0 N–H and O–H groups in total. The maximum Gasteiger partial charge on any atom is 0.213 e. The number of piperidine rings is 1. The second kappa shape index (κ2) is 9.50. The summed E-state index contributed by atoms with van der Waals surface area (Å²) >= 11 is 0. The second-order valence-electron chi connectivity index (χ2n) is 9.12. The third-order valence-corrected chi connectivity index (χ3v) is 6.88. The molecule has 1 fully saturated rings. The third kappa shape index (κ3) is 4.53. The molecular weight excluding hydrogens is 429 g/mol. The number of aromatic nitrogens is 4. The molecule has 1 aliphatic heterocycles. The number of fused-ring (bicyclic) bond motifs is 1. The van der Waals surface area contributed by atoms with Crippen molar-refractivity contribution in [3.05, 3.63) is 71.3 Å². The van der Waals surface area contributed by atoms with Gasteiger partial charge < -0.3 is 9.64 Å². The van der Waals surface area contributed by atoms with Crippen molar-refractivity contribution in [3.63, 3.8) is 0 Å². The zero-order valence-corrected chi connectivity index (χ0v) is 20.0. The van der Waals surface area contributed by atoms with E-state index in [1.807, 2.05) is 17.8 Å². The van der Waals surface area contributed by atoms with Crippen molar-refractivity contribution in [2.75, 3.05) is 26.7 Å². The number of halogens is 1. The van der Waals surface area contributed by atoms with Crippen LogP contribution in [0.4, 0.5) is 4.39 Å². The predicted octanol–water partition coefficient (Wildman–Crippen LogP) is 4.91. The lowest BCUT2D eigenvalue weighted by Gasteiger charge is -2.31. The SMILES string of the molecule is COc1ccc2ncc(F)c(CCN3CCC(c4cc(-c5ccc(C)cc5)n(C)n4)CC3)c2n1. The van der Waals surface area contributed by atoms with Crippen LogP contribution in [0.25, 0.3) is 22.3 Å². The summed E-state index contributed by atoms with van der Waals surface area (Å²) in [6.45, 7) is 4.84. The molecule has 5 rings (SSSR count). The molecule has 0 saturated carbocycles. The topological polar surface area (TPSA) is 56.1 Å². The number of hydrogen-bond donors (Lipinski definition) is 0. The third-order valence-electron chi connectivity index (χ3n) is 6.88. The molecule has 34 heavy (non-hydrogen) atoms. The fourth-order valence-electron chi connectivity index (χ4n) is 4.83. The molecule has 4 heterocycles. The Bertz CT molecular complexity index is 1290. The lowest BCUT2D eigenvalue weighted by atomic mass is 9.93. The van der Waals surface area contributed by atoms with Gasteiger partial charge in [-0.05, 0) is 57.0 Å². The van der Waals surface area contributed by atoms with E-state index < -0.39 is 0 Å². The molecular formula is C27H30FN5O. The van der Waals surface area contributed by atoms with Crippen LogP contribution in [-0.4, -0.2) is 51.4 Å². The predicted molar refractivity (Wildman–Crippen MR) is 132 cm³/mol. The van der Waals surface area contributed by atoms with Gasteiger partial charge in [-0.15, -0.1) is 0 Å². The van der Waals surface area contributed by atoms with Gasteiger partial charge in [-0.1, -0.05) is 29.8 Å². The first-order valence-electron chi connectivity index (χ1n) is 11.8. The van der Waals surface area contributed by atoms with Crippen LogP contribution in [0.1, 0.15) is 35.6 Å². The van der Waals surface area contributed by atoms with Gasteiger partial charge in [0, 0.05) is 31.1 Å². The lowest BCUT2D eigenvalue weighted by molar-refractivity contribution is 0.212. The average molecular weight is 460 g/mol. The number of methoxy groups -OCH3 is 1. The minimum absolute atomic E-state index is 0.305. The van der Waals surface area contributed by atoms with E-state index in [4.69, 9.17) is 9.84 Å². The van der Waals surface area contributed by atoms with Crippen LogP contribution in [0.15, 0.2) is 48.7 Å². The highest BCUT2D eigenvalue weighted by molar-refractivity contribution is 5.78. The first kappa shape index (κ1) is 22.5. The van der Waals surface area contributed by atoms with E-state index in [0.29, 0.717) is 34.8 Å². The van der Waals surface area contributed by atoms with Crippen molar-refractivity contribution in [2.24, 2.45) is 7.05 Å². The van der Waals surface area contributed by atoms with E-state index in [1.54, 1.807) is 13.2 Å². The minimum Gasteiger partial charge on any atom is -0.481 e. The highest BCUT2D eigenvalue weighted by atomic mass is 19.1. The largest absolute Gasteiger partial charge is 0.481 e. The van der Waals surface area contributed by atoms with Gasteiger partial charge in [0.05, 0.1) is 35.7 Å². The van der Waals surface area contributed by atoms with Crippen molar-refractivity contribution in [1.82, 2.24) is 24.6 Å². The molecule has 4 aromatic rings. The molecule has 1 aromatic carbocycles. The van der Waals surface area contributed by atoms with Crippen LogP contribution in [0.3, 0.4) is 0 Å². The van der Waals surface area contributed by atoms with E-state index in [0.717, 1.165) is 38.2 Å². The van der Waals surface area contributed by atoms with Gasteiger partial charge in [0.1, 0.15) is 5.82 Å². The van der Waals surface area contributed by atoms with Gasteiger partial charge in [0.15, 0.2) is 0 Å². The zero-order valence-electron chi connectivity index (χ0n) is 20.0. The van der Waals surface area contributed by atoms with Gasteiger partial charge in [-0.2, -0.15) is 5.10 Å². The molecule has 1 aliphatic rings. The molecule has 0 bridgehead atoms. The fourth-order valence-corrected chi connectivity index (χ4v) is 4.83. The van der Waals surface area contributed by atoms with Crippen molar-refractivity contribution < 1.29 is 9.13 Å². The summed E-state index contributed by atoms with van der Waals surface area (Å²) in [5.41, 5.74) is 6.66.